The standard InChI is InChI=1S/C26H38O/c1-9-21(19-15-17-11-13-25(19,7)23(17,3)4)27-22(10-2)20-16-18-12-14-26(20,8)24(18,5)6/h1-2,17-22H,11-16H2,3-8H3. The van der Waals surface area contributed by atoms with E-state index in [0.717, 1.165) is 11.8 Å². The minimum absolute atomic E-state index is 0.147. The van der Waals surface area contributed by atoms with Crippen LogP contribution < -0.4 is 0 Å². The summed E-state index contributed by atoms with van der Waals surface area (Å²) in [5.41, 5.74) is 1.24. The summed E-state index contributed by atoms with van der Waals surface area (Å²) in [4.78, 5) is 0. The van der Waals surface area contributed by atoms with Gasteiger partial charge in [-0.1, -0.05) is 53.4 Å². The highest BCUT2D eigenvalue weighted by atomic mass is 16.5. The fraction of sp³-hybridized carbons (Fsp3) is 0.846. The summed E-state index contributed by atoms with van der Waals surface area (Å²) < 4.78 is 6.67. The Bertz CT molecular complexity index is 643. The highest BCUT2D eigenvalue weighted by Crippen LogP contribution is 2.70. The van der Waals surface area contributed by atoms with E-state index in [1.807, 2.05) is 0 Å². The summed E-state index contributed by atoms with van der Waals surface area (Å²) in [6.07, 6.45) is 19.4. The Hall–Kier alpha value is -0.920. The van der Waals surface area contributed by atoms with Gasteiger partial charge in [0, 0.05) is 11.8 Å². The minimum Gasteiger partial charge on any atom is -0.349 e. The van der Waals surface area contributed by atoms with Crippen LogP contribution in [0.15, 0.2) is 0 Å². The molecule has 0 aromatic rings. The predicted octanol–water partition coefficient (Wildman–Crippen LogP) is 5.93. The van der Waals surface area contributed by atoms with E-state index >= 15 is 0 Å². The van der Waals surface area contributed by atoms with Gasteiger partial charge in [-0.3, -0.25) is 0 Å². The maximum atomic E-state index is 6.67. The summed E-state index contributed by atoms with van der Waals surface area (Å²) in [5.74, 6) is 8.50. The first kappa shape index (κ1) is 19.4. The van der Waals surface area contributed by atoms with Crippen molar-refractivity contribution in [2.24, 2.45) is 45.3 Å². The molecule has 4 bridgehead atoms. The zero-order valence-electron chi connectivity index (χ0n) is 18.3. The molecule has 0 amide bonds. The lowest BCUT2D eigenvalue weighted by molar-refractivity contribution is -0.0760. The molecule has 1 nitrogen and oxygen atoms in total. The maximum absolute atomic E-state index is 6.67. The quantitative estimate of drug-likeness (QED) is 0.560. The van der Waals surface area contributed by atoms with Crippen LogP contribution in [0.3, 0.4) is 0 Å². The summed E-state index contributed by atoms with van der Waals surface area (Å²) in [6, 6.07) is 0. The van der Waals surface area contributed by atoms with Crippen molar-refractivity contribution in [3.8, 4) is 24.7 Å². The van der Waals surface area contributed by atoms with E-state index in [9.17, 15) is 0 Å². The first-order valence-corrected chi connectivity index (χ1v) is 11.1. The first-order chi connectivity index (χ1) is 12.5. The van der Waals surface area contributed by atoms with Crippen molar-refractivity contribution in [2.45, 2.75) is 92.3 Å². The van der Waals surface area contributed by atoms with Crippen LogP contribution in [0.5, 0.6) is 0 Å². The summed E-state index contributed by atoms with van der Waals surface area (Å²) in [7, 11) is 0. The molecule has 1 heteroatoms. The molecule has 0 aliphatic heterocycles. The molecule has 8 unspecified atom stereocenters. The van der Waals surface area contributed by atoms with Crippen LogP contribution in [0.1, 0.15) is 80.1 Å². The molecule has 4 fully saturated rings. The van der Waals surface area contributed by atoms with Gasteiger partial charge in [0.2, 0.25) is 0 Å². The molecule has 8 atom stereocenters. The smallest absolute Gasteiger partial charge is 0.123 e. The molecular formula is C26H38O. The van der Waals surface area contributed by atoms with E-state index < -0.39 is 0 Å². The lowest BCUT2D eigenvalue weighted by Gasteiger charge is -2.44. The lowest BCUT2D eigenvalue weighted by atomic mass is 9.64. The van der Waals surface area contributed by atoms with Crippen molar-refractivity contribution in [1.82, 2.24) is 0 Å². The third kappa shape index (κ3) is 2.25. The van der Waals surface area contributed by atoms with Gasteiger partial charge in [-0.25, -0.2) is 0 Å². The van der Waals surface area contributed by atoms with Crippen LogP contribution in [0.4, 0.5) is 0 Å². The van der Waals surface area contributed by atoms with Crippen molar-refractivity contribution in [3.05, 3.63) is 0 Å². The minimum atomic E-state index is -0.147. The van der Waals surface area contributed by atoms with Crippen molar-refractivity contribution < 1.29 is 4.74 Å². The van der Waals surface area contributed by atoms with Gasteiger partial charge < -0.3 is 4.74 Å². The van der Waals surface area contributed by atoms with E-state index in [2.05, 4.69) is 53.4 Å². The SMILES string of the molecule is C#CC(OC(C#C)C1CC2CCC1(C)C2(C)C)C1CC2CCC1(C)C2(C)C. The van der Waals surface area contributed by atoms with Crippen LogP contribution in [-0.4, -0.2) is 12.2 Å². The largest absolute Gasteiger partial charge is 0.349 e. The average molecular weight is 367 g/mol. The van der Waals surface area contributed by atoms with Crippen LogP contribution in [0, 0.1) is 70.0 Å². The Labute approximate surface area is 167 Å². The van der Waals surface area contributed by atoms with Gasteiger partial charge in [-0.05, 0) is 72.0 Å². The topological polar surface area (TPSA) is 9.23 Å². The molecule has 0 saturated heterocycles. The monoisotopic (exact) mass is 366 g/mol. The second-order valence-corrected chi connectivity index (χ2v) is 11.7. The van der Waals surface area contributed by atoms with Gasteiger partial charge in [0.15, 0.2) is 0 Å². The molecule has 0 radical (unpaired) electrons. The second-order valence-electron chi connectivity index (χ2n) is 11.7. The lowest BCUT2D eigenvalue weighted by Crippen LogP contribution is -2.44. The summed E-state index contributed by atoms with van der Waals surface area (Å²) >= 11 is 0. The normalized spacial score (nSPS) is 48.1. The molecule has 4 rings (SSSR count). The van der Waals surface area contributed by atoms with Gasteiger partial charge in [-0.2, -0.15) is 0 Å². The number of rotatable bonds is 4. The Morgan fingerprint density at radius 3 is 1.33 bits per heavy atom. The van der Waals surface area contributed by atoms with Crippen molar-refractivity contribution in [3.63, 3.8) is 0 Å². The van der Waals surface area contributed by atoms with Gasteiger partial charge in [0.1, 0.15) is 12.2 Å². The van der Waals surface area contributed by atoms with Crippen LogP contribution in [0.2, 0.25) is 0 Å². The number of ether oxygens (including phenoxy) is 1. The van der Waals surface area contributed by atoms with Crippen LogP contribution >= 0.6 is 0 Å². The molecule has 148 valence electrons. The van der Waals surface area contributed by atoms with Crippen molar-refractivity contribution in [2.75, 3.05) is 0 Å². The van der Waals surface area contributed by atoms with Crippen LogP contribution in [0.25, 0.3) is 0 Å². The fourth-order valence-corrected chi connectivity index (χ4v) is 8.11. The fourth-order valence-electron chi connectivity index (χ4n) is 8.11. The Kier molecular flexibility index (Phi) is 4.17. The molecule has 0 aromatic carbocycles. The highest BCUT2D eigenvalue weighted by molar-refractivity contribution is 5.19. The predicted molar refractivity (Wildman–Crippen MR) is 112 cm³/mol. The molecule has 4 aliphatic rings. The van der Waals surface area contributed by atoms with Crippen molar-refractivity contribution in [1.29, 1.82) is 0 Å². The number of fused-ring (bicyclic) bond motifs is 4. The Morgan fingerprint density at radius 1 is 0.741 bits per heavy atom. The second kappa shape index (κ2) is 5.80. The number of hydrogen-bond donors (Lipinski definition) is 0. The molecule has 4 aliphatic carbocycles. The van der Waals surface area contributed by atoms with E-state index in [0.29, 0.717) is 22.7 Å². The third-order valence-electron chi connectivity index (χ3n) is 11.1. The van der Waals surface area contributed by atoms with E-state index in [1.54, 1.807) is 0 Å². The zero-order valence-corrected chi connectivity index (χ0v) is 18.3. The van der Waals surface area contributed by atoms with Crippen molar-refractivity contribution >= 4 is 0 Å². The van der Waals surface area contributed by atoms with Gasteiger partial charge in [0.25, 0.3) is 0 Å². The van der Waals surface area contributed by atoms with E-state index in [-0.39, 0.29) is 23.0 Å². The van der Waals surface area contributed by atoms with Gasteiger partial charge in [-0.15, -0.1) is 12.8 Å². The molecule has 0 spiro atoms. The third-order valence-corrected chi connectivity index (χ3v) is 11.1. The van der Waals surface area contributed by atoms with Gasteiger partial charge >= 0.3 is 0 Å². The van der Waals surface area contributed by atoms with E-state index in [1.165, 1.54) is 38.5 Å². The molecule has 27 heavy (non-hydrogen) atoms. The summed E-state index contributed by atoms with van der Waals surface area (Å²) in [5, 5.41) is 0. The number of hydrogen-bond acceptors (Lipinski definition) is 1. The molecule has 0 N–H and O–H groups in total. The zero-order chi connectivity index (χ0) is 19.8. The first-order valence-electron chi connectivity index (χ1n) is 11.1. The summed E-state index contributed by atoms with van der Waals surface area (Å²) in [6.45, 7) is 14.7. The van der Waals surface area contributed by atoms with Gasteiger partial charge in [0.05, 0.1) is 0 Å². The average Bonchev–Trinajstić information content (AvgIpc) is 3.14. The van der Waals surface area contributed by atoms with E-state index in [4.69, 9.17) is 17.6 Å². The number of terminal acetylenes is 2. The Balaban J connectivity index is 1.56. The molecule has 4 saturated carbocycles. The van der Waals surface area contributed by atoms with Crippen LogP contribution in [-0.2, 0) is 4.74 Å². The molecule has 0 aromatic heterocycles. The maximum Gasteiger partial charge on any atom is 0.123 e. The molecular weight excluding hydrogens is 328 g/mol. The Morgan fingerprint density at radius 2 is 1.11 bits per heavy atom. The molecule has 0 heterocycles. The highest BCUT2D eigenvalue weighted by Gasteiger charge is 2.65.